The fourth-order valence-corrected chi connectivity index (χ4v) is 2.83. The number of piperidine rings is 1. The van der Waals surface area contributed by atoms with Gasteiger partial charge in [-0.15, -0.1) is 0 Å². The van der Waals surface area contributed by atoms with Gasteiger partial charge in [0, 0.05) is 37.5 Å². The molecule has 2 aromatic rings. The van der Waals surface area contributed by atoms with Crippen molar-refractivity contribution in [2.45, 2.75) is 18.9 Å². The van der Waals surface area contributed by atoms with Crippen LogP contribution in [-0.4, -0.2) is 29.2 Å². The Morgan fingerprint density at radius 1 is 1.35 bits per heavy atom. The molecule has 0 spiro atoms. The standard InChI is InChI=1S/C14H14N4OS/c15-10-11-2-1-3-13(17-11)18-7-4-12(5-8-18)19-14-16-6-9-20-14/h1-3,6,9,12H,4-5,7-8H2. The van der Waals surface area contributed by atoms with Gasteiger partial charge in [-0.2, -0.15) is 5.26 Å². The number of pyridine rings is 1. The zero-order valence-corrected chi connectivity index (χ0v) is 11.7. The summed E-state index contributed by atoms with van der Waals surface area (Å²) in [6, 6.07) is 7.62. The van der Waals surface area contributed by atoms with Gasteiger partial charge in [0.05, 0.1) is 0 Å². The van der Waals surface area contributed by atoms with Crippen molar-refractivity contribution in [1.82, 2.24) is 9.97 Å². The normalized spacial score (nSPS) is 15.8. The van der Waals surface area contributed by atoms with E-state index in [0.717, 1.165) is 36.9 Å². The molecule has 1 aliphatic heterocycles. The van der Waals surface area contributed by atoms with Gasteiger partial charge in [0.2, 0.25) is 0 Å². The van der Waals surface area contributed by atoms with Gasteiger partial charge in [0.15, 0.2) is 0 Å². The van der Waals surface area contributed by atoms with Crippen molar-refractivity contribution in [2.24, 2.45) is 0 Å². The fraction of sp³-hybridized carbons (Fsp3) is 0.357. The zero-order valence-electron chi connectivity index (χ0n) is 10.9. The molecule has 0 aromatic carbocycles. The molecule has 3 rings (SSSR count). The molecule has 1 aliphatic rings. The first-order valence-electron chi connectivity index (χ1n) is 6.53. The Labute approximate surface area is 121 Å². The lowest BCUT2D eigenvalue weighted by molar-refractivity contribution is 0.170. The maximum Gasteiger partial charge on any atom is 0.273 e. The van der Waals surface area contributed by atoms with Gasteiger partial charge in [0.1, 0.15) is 23.7 Å². The van der Waals surface area contributed by atoms with Crippen LogP contribution in [0, 0.1) is 11.3 Å². The first-order chi connectivity index (χ1) is 9.85. The monoisotopic (exact) mass is 286 g/mol. The van der Waals surface area contributed by atoms with Crippen LogP contribution in [0.3, 0.4) is 0 Å². The Kier molecular flexibility index (Phi) is 3.79. The molecule has 0 N–H and O–H groups in total. The van der Waals surface area contributed by atoms with Crippen molar-refractivity contribution in [1.29, 1.82) is 5.26 Å². The summed E-state index contributed by atoms with van der Waals surface area (Å²) in [5.74, 6) is 0.872. The van der Waals surface area contributed by atoms with Crippen LogP contribution >= 0.6 is 11.3 Å². The lowest BCUT2D eigenvalue weighted by Gasteiger charge is -2.32. The fourth-order valence-electron chi connectivity index (χ4n) is 2.28. The summed E-state index contributed by atoms with van der Waals surface area (Å²) < 4.78 is 5.83. The highest BCUT2D eigenvalue weighted by Gasteiger charge is 2.22. The number of thiazole rings is 1. The Bertz CT molecular complexity index is 600. The van der Waals surface area contributed by atoms with Crippen LogP contribution < -0.4 is 9.64 Å². The number of hydrogen-bond acceptors (Lipinski definition) is 6. The molecule has 3 heterocycles. The molecule has 0 saturated carbocycles. The van der Waals surface area contributed by atoms with Crippen molar-refractivity contribution < 1.29 is 4.74 Å². The van der Waals surface area contributed by atoms with Gasteiger partial charge in [-0.1, -0.05) is 17.4 Å². The lowest BCUT2D eigenvalue weighted by atomic mass is 10.1. The second-order valence-electron chi connectivity index (χ2n) is 4.60. The van der Waals surface area contributed by atoms with Crippen molar-refractivity contribution in [3.05, 3.63) is 35.5 Å². The largest absolute Gasteiger partial charge is 0.467 e. The maximum absolute atomic E-state index is 8.89. The van der Waals surface area contributed by atoms with E-state index in [9.17, 15) is 0 Å². The van der Waals surface area contributed by atoms with Crippen LogP contribution in [0.4, 0.5) is 5.82 Å². The van der Waals surface area contributed by atoms with Crippen LogP contribution in [-0.2, 0) is 0 Å². The minimum atomic E-state index is 0.219. The molecule has 0 aliphatic carbocycles. The number of hydrogen-bond donors (Lipinski definition) is 0. The van der Waals surface area contributed by atoms with Crippen LogP contribution in [0.1, 0.15) is 18.5 Å². The summed E-state index contributed by atoms with van der Waals surface area (Å²) in [6.45, 7) is 1.77. The third-order valence-corrected chi connectivity index (χ3v) is 3.95. The van der Waals surface area contributed by atoms with E-state index in [1.165, 1.54) is 11.3 Å². The smallest absolute Gasteiger partial charge is 0.273 e. The molecule has 102 valence electrons. The number of aromatic nitrogens is 2. The molecule has 2 aromatic heterocycles. The van der Waals surface area contributed by atoms with Crippen LogP contribution in [0.5, 0.6) is 5.19 Å². The van der Waals surface area contributed by atoms with Gasteiger partial charge in [-0.05, 0) is 12.1 Å². The van der Waals surface area contributed by atoms with Crippen molar-refractivity contribution >= 4 is 17.2 Å². The molecule has 0 radical (unpaired) electrons. The van der Waals surface area contributed by atoms with E-state index in [2.05, 4.69) is 20.9 Å². The minimum Gasteiger partial charge on any atom is -0.467 e. The van der Waals surface area contributed by atoms with E-state index in [1.807, 2.05) is 17.5 Å². The van der Waals surface area contributed by atoms with Crippen LogP contribution in [0.25, 0.3) is 0 Å². The Morgan fingerprint density at radius 3 is 2.90 bits per heavy atom. The highest BCUT2D eigenvalue weighted by atomic mass is 32.1. The molecule has 6 heteroatoms. The second kappa shape index (κ2) is 5.88. The highest BCUT2D eigenvalue weighted by molar-refractivity contribution is 7.11. The Morgan fingerprint density at radius 2 is 2.20 bits per heavy atom. The molecule has 0 bridgehead atoms. The molecule has 1 saturated heterocycles. The minimum absolute atomic E-state index is 0.219. The molecular formula is C14H14N4OS. The van der Waals surface area contributed by atoms with E-state index < -0.39 is 0 Å². The number of nitrogens with zero attached hydrogens (tertiary/aromatic N) is 4. The average molecular weight is 286 g/mol. The van der Waals surface area contributed by atoms with E-state index in [1.54, 1.807) is 12.3 Å². The molecule has 20 heavy (non-hydrogen) atoms. The van der Waals surface area contributed by atoms with Gasteiger partial charge < -0.3 is 9.64 Å². The van der Waals surface area contributed by atoms with Crippen LogP contribution in [0.2, 0.25) is 0 Å². The second-order valence-corrected chi connectivity index (χ2v) is 5.45. The summed E-state index contributed by atoms with van der Waals surface area (Å²) in [4.78, 5) is 10.7. The highest BCUT2D eigenvalue weighted by Crippen LogP contribution is 2.23. The van der Waals surface area contributed by atoms with Gasteiger partial charge >= 0.3 is 0 Å². The number of ether oxygens (including phenoxy) is 1. The topological polar surface area (TPSA) is 62.0 Å². The Hall–Kier alpha value is -2.13. The summed E-state index contributed by atoms with van der Waals surface area (Å²) >= 11 is 1.52. The predicted molar refractivity (Wildman–Crippen MR) is 76.9 cm³/mol. The summed E-state index contributed by atoms with van der Waals surface area (Å²) in [7, 11) is 0. The molecule has 5 nitrogen and oxygen atoms in total. The first kappa shape index (κ1) is 12.9. The molecule has 1 fully saturated rings. The van der Waals surface area contributed by atoms with Gasteiger partial charge in [-0.3, -0.25) is 0 Å². The van der Waals surface area contributed by atoms with Crippen LogP contribution in [0.15, 0.2) is 29.8 Å². The van der Waals surface area contributed by atoms with Gasteiger partial charge in [-0.25, -0.2) is 9.97 Å². The maximum atomic E-state index is 8.89. The van der Waals surface area contributed by atoms with Crippen molar-refractivity contribution in [3.8, 4) is 11.3 Å². The third-order valence-electron chi connectivity index (χ3n) is 3.29. The van der Waals surface area contributed by atoms with E-state index in [-0.39, 0.29) is 6.10 Å². The Balaban J connectivity index is 1.59. The molecule has 0 unspecified atom stereocenters. The van der Waals surface area contributed by atoms with E-state index in [4.69, 9.17) is 10.00 Å². The average Bonchev–Trinajstić information content (AvgIpc) is 3.01. The molecular weight excluding hydrogens is 272 g/mol. The zero-order chi connectivity index (χ0) is 13.8. The first-order valence-corrected chi connectivity index (χ1v) is 7.41. The van der Waals surface area contributed by atoms with E-state index >= 15 is 0 Å². The summed E-state index contributed by atoms with van der Waals surface area (Å²) in [5.41, 5.74) is 0.462. The lowest BCUT2D eigenvalue weighted by Crippen LogP contribution is -2.38. The molecule has 0 amide bonds. The summed E-state index contributed by atoms with van der Waals surface area (Å²) in [5, 5.41) is 11.6. The van der Waals surface area contributed by atoms with E-state index in [0.29, 0.717) is 5.69 Å². The number of rotatable bonds is 3. The SMILES string of the molecule is N#Cc1cccc(N2CCC(Oc3nccs3)CC2)n1. The van der Waals surface area contributed by atoms with Crippen molar-refractivity contribution in [2.75, 3.05) is 18.0 Å². The van der Waals surface area contributed by atoms with Crippen molar-refractivity contribution in [3.63, 3.8) is 0 Å². The number of anilines is 1. The molecule has 0 atom stereocenters. The predicted octanol–water partition coefficient (Wildman–Crippen LogP) is 2.46. The number of nitriles is 1. The third kappa shape index (κ3) is 2.89. The summed E-state index contributed by atoms with van der Waals surface area (Å²) in [6.07, 6.45) is 3.86. The quantitative estimate of drug-likeness (QED) is 0.867. The van der Waals surface area contributed by atoms with Gasteiger partial charge in [0.25, 0.3) is 5.19 Å².